The van der Waals surface area contributed by atoms with E-state index in [0.717, 1.165) is 12.1 Å². The zero-order valence-corrected chi connectivity index (χ0v) is 19.7. The molecule has 0 spiro atoms. The van der Waals surface area contributed by atoms with Crippen LogP contribution in [-0.4, -0.2) is 65.9 Å². The van der Waals surface area contributed by atoms with Crippen LogP contribution in [0.25, 0.3) is 10.6 Å². The number of hydrogen-bond donors (Lipinski definition) is 0. The van der Waals surface area contributed by atoms with Gasteiger partial charge in [-0.3, -0.25) is 14.4 Å². The summed E-state index contributed by atoms with van der Waals surface area (Å²) in [6, 6.07) is 4.68. The summed E-state index contributed by atoms with van der Waals surface area (Å²) in [6.45, 7) is 2.71. The van der Waals surface area contributed by atoms with Crippen molar-refractivity contribution >= 4 is 29.1 Å². The molecule has 1 saturated heterocycles. The quantitative estimate of drug-likeness (QED) is 0.546. The van der Waals surface area contributed by atoms with Crippen molar-refractivity contribution in [3.8, 4) is 10.6 Å². The normalized spacial score (nSPS) is 16.3. The summed E-state index contributed by atoms with van der Waals surface area (Å²) < 4.78 is 43.3. The van der Waals surface area contributed by atoms with Crippen molar-refractivity contribution in [1.82, 2.24) is 14.8 Å². The highest BCUT2D eigenvalue weighted by Crippen LogP contribution is 2.31. The lowest BCUT2D eigenvalue weighted by atomic mass is 9.98. The van der Waals surface area contributed by atoms with Crippen LogP contribution in [0.4, 0.5) is 13.2 Å². The van der Waals surface area contributed by atoms with Crippen LogP contribution in [0.15, 0.2) is 29.6 Å². The maximum Gasteiger partial charge on any atom is 0.416 e. The number of piperidine rings is 1. The molecule has 0 N–H and O–H groups in total. The fourth-order valence-electron chi connectivity index (χ4n) is 3.66. The number of alkyl halides is 3. The number of benzene rings is 1. The summed E-state index contributed by atoms with van der Waals surface area (Å²) in [5.41, 5.74) is 0.266. The summed E-state index contributed by atoms with van der Waals surface area (Å²) >= 11 is 1.23. The van der Waals surface area contributed by atoms with Crippen LogP contribution >= 0.6 is 11.3 Å². The van der Waals surface area contributed by atoms with Gasteiger partial charge in [-0.1, -0.05) is 12.1 Å². The number of hydrogen-bond acceptors (Lipinski definition) is 6. The number of likely N-dealkylation sites (tertiary alicyclic amines) is 1. The Hall–Kier alpha value is -2.95. The van der Waals surface area contributed by atoms with E-state index in [9.17, 15) is 27.6 Å². The first-order valence-electron chi connectivity index (χ1n) is 10.9. The molecule has 1 fully saturated rings. The van der Waals surface area contributed by atoms with Gasteiger partial charge < -0.3 is 14.5 Å². The summed E-state index contributed by atoms with van der Waals surface area (Å²) in [7, 11) is 1.52. The third-order valence-electron chi connectivity index (χ3n) is 5.54. The van der Waals surface area contributed by atoms with Crippen LogP contribution in [0, 0.1) is 5.92 Å². The van der Waals surface area contributed by atoms with E-state index in [2.05, 4.69) is 4.98 Å². The molecule has 0 radical (unpaired) electrons. The number of thiazole rings is 1. The van der Waals surface area contributed by atoms with E-state index < -0.39 is 11.7 Å². The highest BCUT2D eigenvalue weighted by Gasteiger charge is 2.31. The minimum Gasteiger partial charge on any atom is -0.466 e. The van der Waals surface area contributed by atoms with E-state index in [1.807, 2.05) is 0 Å². The molecule has 34 heavy (non-hydrogen) atoms. The van der Waals surface area contributed by atoms with E-state index in [1.165, 1.54) is 35.4 Å². The first kappa shape index (κ1) is 25.7. The number of halogens is 3. The molecule has 2 aromatic rings. The maximum atomic E-state index is 12.7. The Balaban J connectivity index is 1.54. The lowest BCUT2D eigenvalue weighted by Crippen LogP contribution is -2.47. The predicted molar refractivity (Wildman–Crippen MR) is 120 cm³/mol. The van der Waals surface area contributed by atoms with Gasteiger partial charge in [0.2, 0.25) is 11.8 Å². The van der Waals surface area contributed by atoms with Crippen LogP contribution in [-0.2, 0) is 31.7 Å². The minimum atomic E-state index is -4.41. The predicted octanol–water partition coefficient (Wildman–Crippen LogP) is 3.63. The Kier molecular flexibility index (Phi) is 8.29. The zero-order valence-electron chi connectivity index (χ0n) is 18.9. The Morgan fingerprint density at radius 1 is 1.24 bits per heavy atom. The minimum absolute atomic E-state index is 0.0354. The van der Waals surface area contributed by atoms with E-state index in [4.69, 9.17) is 4.74 Å². The fourth-order valence-corrected chi connectivity index (χ4v) is 4.49. The summed E-state index contributed by atoms with van der Waals surface area (Å²) in [5, 5.41) is 2.18. The molecular formula is C23H26F3N3O4S. The summed E-state index contributed by atoms with van der Waals surface area (Å²) in [5.74, 6) is -1.21. The molecule has 2 heterocycles. The SMILES string of the molecule is CCOC(=O)C1CCCN(C(=O)CN(C)C(=O)Cc2csc(-c3ccc(C(F)(F)F)cc3)n2)C1. The van der Waals surface area contributed by atoms with Gasteiger partial charge in [0, 0.05) is 31.1 Å². The number of aromatic nitrogens is 1. The number of esters is 1. The molecular weight excluding hydrogens is 471 g/mol. The van der Waals surface area contributed by atoms with Crippen molar-refractivity contribution in [2.45, 2.75) is 32.4 Å². The second kappa shape index (κ2) is 11.0. The summed E-state index contributed by atoms with van der Waals surface area (Å²) in [6.07, 6.45) is -3.08. The summed E-state index contributed by atoms with van der Waals surface area (Å²) in [4.78, 5) is 44.5. The smallest absolute Gasteiger partial charge is 0.416 e. The molecule has 184 valence electrons. The molecule has 1 aromatic carbocycles. The number of rotatable bonds is 7. The van der Waals surface area contributed by atoms with Crippen molar-refractivity contribution < 1.29 is 32.3 Å². The van der Waals surface area contributed by atoms with Crippen molar-refractivity contribution in [3.05, 3.63) is 40.9 Å². The largest absolute Gasteiger partial charge is 0.466 e. The molecule has 11 heteroatoms. The lowest BCUT2D eigenvalue weighted by molar-refractivity contribution is -0.152. The first-order chi connectivity index (χ1) is 16.1. The molecule has 3 rings (SSSR count). The van der Waals surface area contributed by atoms with Gasteiger partial charge in [0.1, 0.15) is 5.01 Å². The molecule has 1 unspecified atom stereocenters. The van der Waals surface area contributed by atoms with Gasteiger partial charge in [0.05, 0.1) is 36.7 Å². The third kappa shape index (κ3) is 6.55. The molecule has 7 nitrogen and oxygen atoms in total. The standard InChI is InChI=1S/C23H26F3N3O4S/c1-3-33-22(32)16-5-4-10-29(12-16)20(31)13-28(2)19(30)11-18-14-34-21(27-18)15-6-8-17(9-7-15)23(24,25)26/h6-9,14,16H,3-5,10-13H2,1-2H3. The molecule has 1 aromatic heterocycles. The van der Waals surface area contributed by atoms with Crippen LogP contribution in [0.1, 0.15) is 31.0 Å². The lowest BCUT2D eigenvalue weighted by Gasteiger charge is -2.32. The molecule has 0 saturated carbocycles. The van der Waals surface area contributed by atoms with E-state index in [-0.39, 0.29) is 49.8 Å². The van der Waals surface area contributed by atoms with E-state index >= 15 is 0 Å². The monoisotopic (exact) mass is 497 g/mol. The van der Waals surface area contributed by atoms with Gasteiger partial charge in [-0.2, -0.15) is 13.2 Å². The number of carbonyl (C=O) groups excluding carboxylic acids is 3. The molecule has 1 atom stereocenters. The van der Waals surface area contributed by atoms with Gasteiger partial charge in [0.15, 0.2) is 0 Å². The number of nitrogens with zero attached hydrogens (tertiary/aromatic N) is 3. The highest BCUT2D eigenvalue weighted by molar-refractivity contribution is 7.13. The van der Waals surface area contributed by atoms with Crippen molar-refractivity contribution in [1.29, 1.82) is 0 Å². The fraction of sp³-hybridized carbons (Fsp3) is 0.478. The third-order valence-corrected chi connectivity index (χ3v) is 6.48. The van der Waals surface area contributed by atoms with E-state index in [1.54, 1.807) is 17.2 Å². The van der Waals surface area contributed by atoms with Crippen molar-refractivity contribution in [2.24, 2.45) is 5.92 Å². The highest BCUT2D eigenvalue weighted by atomic mass is 32.1. The number of carbonyl (C=O) groups is 3. The maximum absolute atomic E-state index is 12.7. The second-order valence-corrected chi connectivity index (χ2v) is 8.93. The number of amides is 2. The molecule has 0 aliphatic carbocycles. The second-order valence-electron chi connectivity index (χ2n) is 8.08. The van der Waals surface area contributed by atoms with Gasteiger partial charge in [-0.05, 0) is 31.9 Å². The van der Waals surface area contributed by atoms with Crippen LogP contribution < -0.4 is 0 Å². The Bertz CT molecular complexity index is 1020. The van der Waals surface area contributed by atoms with Gasteiger partial charge >= 0.3 is 12.1 Å². The van der Waals surface area contributed by atoms with Gasteiger partial charge in [0.25, 0.3) is 0 Å². The molecule has 2 amide bonds. The average Bonchev–Trinajstić information content (AvgIpc) is 3.27. The Labute approximate surface area is 199 Å². The average molecular weight is 498 g/mol. The van der Waals surface area contributed by atoms with Gasteiger partial charge in [-0.15, -0.1) is 11.3 Å². The van der Waals surface area contributed by atoms with E-state index in [0.29, 0.717) is 35.7 Å². The van der Waals surface area contributed by atoms with Crippen molar-refractivity contribution in [3.63, 3.8) is 0 Å². The molecule has 1 aliphatic rings. The van der Waals surface area contributed by atoms with Crippen LogP contribution in [0.2, 0.25) is 0 Å². The number of ether oxygens (including phenoxy) is 1. The Morgan fingerprint density at radius 3 is 2.59 bits per heavy atom. The number of likely N-dealkylation sites (N-methyl/N-ethyl adjacent to an activating group) is 1. The first-order valence-corrected chi connectivity index (χ1v) is 11.8. The molecule has 0 bridgehead atoms. The molecule has 1 aliphatic heterocycles. The van der Waals surface area contributed by atoms with Gasteiger partial charge in [-0.25, -0.2) is 4.98 Å². The zero-order chi connectivity index (χ0) is 24.9. The van der Waals surface area contributed by atoms with Crippen LogP contribution in [0.5, 0.6) is 0 Å². The van der Waals surface area contributed by atoms with Crippen molar-refractivity contribution in [2.75, 3.05) is 33.3 Å². The Morgan fingerprint density at radius 2 is 1.94 bits per heavy atom. The van der Waals surface area contributed by atoms with Crippen LogP contribution in [0.3, 0.4) is 0 Å². The topological polar surface area (TPSA) is 79.8 Å².